The molecule has 2 saturated carbocycles. The first-order chi connectivity index (χ1) is 14.3. The summed E-state index contributed by atoms with van der Waals surface area (Å²) in [5.41, 5.74) is 5.11. The molecule has 2 bridgehead atoms. The Morgan fingerprint density at radius 2 is 1.67 bits per heavy atom. The molecule has 2 fully saturated rings. The van der Waals surface area contributed by atoms with Crippen LogP contribution in [0.3, 0.4) is 0 Å². The first-order valence-corrected chi connectivity index (χ1v) is 10.7. The fourth-order valence-corrected chi connectivity index (χ4v) is 5.63. The van der Waals surface area contributed by atoms with E-state index in [0.29, 0.717) is 18.7 Å². The highest BCUT2D eigenvalue weighted by Gasteiger charge is 2.65. The smallest absolute Gasteiger partial charge is 0.241 e. The quantitative estimate of drug-likeness (QED) is 0.645. The van der Waals surface area contributed by atoms with Crippen molar-refractivity contribution in [2.24, 2.45) is 21.8 Å². The Bertz CT molecular complexity index is 1170. The molecule has 3 aromatic rings. The number of rotatable bonds is 4. The number of benzene rings is 2. The summed E-state index contributed by atoms with van der Waals surface area (Å²) in [4.78, 5) is 25.4. The molecule has 1 heterocycles. The van der Waals surface area contributed by atoms with Gasteiger partial charge in [0, 0.05) is 46.1 Å². The molecule has 1 amide bonds. The first-order valence-electron chi connectivity index (χ1n) is 10.7. The molecule has 2 atom stereocenters. The van der Waals surface area contributed by atoms with E-state index in [-0.39, 0.29) is 28.4 Å². The van der Waals surface area contributed by atoms with Gasteiger partial charge in [0.25, 0.3) is 0 Å². The Labute approximate surface area is 176 Å². The lowest BCUT2D eigenvalue weighted by molar-refractivity contribution is -0.121. The van der Waals surface area contributed by atoms with Crippen LogP contribution in [0.2, 0.25) is 0 Å². The van der Waals surface area contributed by atoms with Gasteiger partial charge in [0.2, 0.25) is 5.91 Å². The van der Waals surface area contributed by atoms with Gasteiger partial charge in [-0.05, 0) is 30.4 Å². The number of Topliss-reactive ketones (excluding diaryl/α,β-unsaturated/α-hetero) is 1. The van der Waals surface area contributed by atoms with Crippen molar-refractivity contribution in [3.05, 3.63) is 48.5 Å². The zero-order valence-corrected chi connectivity index (χ0v) is 17.7. The van der Waals surface area contributed by atoms with Crippen molar-refractivity contribution in [2.45, 2.75) is 46.6 Å². The van der Waals surface area contributed by atoms with Crippen molar-refractivity contribution in [2.75, 3.05) is 0 Å². The topological polar surface area (TPSA) is 63.5 Å². The predicted octanol–water partition coefficient (Wildman–Crippen LogP) is 4.68. The van der Waals surface area contributed by atoms with Crippen LogP contribution in [0.5, 0.6) is 0 Å². The normalized spacial score (nSPS) is 26.2. The minimum Gasteiger partial charge on any atom is -0.340 e. The average Bonchev–Trinajstić information content (AvgIpc) is 3.22. The van der Waals surface area contributed by atoms with Crippen molar-refractivity contribution in [1.29, 1.82) is 0 Å². The van der Waals surface area contributed by atoms with Crippen molar-refractivity contribution in [3.63, 3.8) is 0 Å². The second-order valence-electron chi connectivity index (χ2n) is 9.44. The molecule has 5 rings (SSSR count). The molecule has 0 radical (unpaired) electrons. The highest BCUT2D eigenvalue weighted by Crippen LogP contribution is 2.62. The summed E-state index contributed by atoms with van der Waals surface area (Å²) >= 11 is 0. The van der Waals surface area contributed by atoms with E-state index in [1.165, 1.54) is 10.8 Å². The number of carbonyl (C=O) groups is 2. The molecule has 5 nitrogen and oxygen atoms in total. The minimum absolute atomic E-state index is 0.0238. The summed E-state index contributed by atoms with van der Waals surface area (Å²) in [7, 11) is 0. The standard InChI is InChI=1S/C25H27N3O2/c1-24(2)18-12-14-25(24,3)23(22(18)30)27-26-21(29)13-15-28-19-10-6-4-8-16(19)17-9-5-7-11-20(17)28/h4-11,18H,12-15H2,1-3H3,(H,26,29)/b27-23+/t18-,25+/m0/s1. The summed E-state index contributed by atoms with van der Waals surface area (Å²) in [6, 6.07) is 16.5. The lowest BCUT2D eigenvalue weighted by atomic mass is 9.70. The van der Waals surface area contributed by atoms with Gasteiger partial charge in [0.1, 0.15) is 5.71 Å². The highest BCUT2D eigenvalue weighted by atomic mass is 16.2. The lowest BCUT2D eigenvalue weighted by Gasteiger charge is -2.33. The Morgan fingerprint density at radius 3 is 2.23 bits per heavy atom. The molecular formula is C25H27N3O2. The van der Waals surface area contributed by atoms with Crippen LogP contribution in [0.25, 0.3) is 21.8 Å². The fourth-order valence-electron chi connectivity index (χ4n) is 5.63. The number of hydrazone groups is 1. The van der Waals surface area contributed by atoms with E-state index in [0.717, 1.165) is 23.9 Å². The molecule has 2 aliphatic rings. The summed E-state index contributed by atoms with van der Waals surface area (Å²) in [6.45, 7) is 6.97. The van der Waals surface area contributed by atoms with Gasteiger partial charge in [-0.1, -0.05) is 57.2 Å². The minimum atomic E-state index is -0.255. The van der Waals surface area contributed by atoms with Gasteiger partial charge < -0.3 is 4.57 Å². The van der Waals surface area contributed by atoms with Crippen LogP contribution in [0.4, 0.5) is 0 Å². The summed E-state index contributed by atoms with van der Waals surface area (Å²) < 4.78 is 2.19. The summed E-state index contributed by atoms with van der Waals surface area (Å²) in [6.07, 6.45) is 2.17. The number of amides is 1. The van der Waals surface area contributed by atoms with Gasteiger partial charge >= 0.3 is 0 Å². The van der Waals surface area contributed by atoms with Crippen LogP contribution in [0, 0.1) is 16.7 Å². The van der Waals surface area contributed by atoms with Crippen LogP contribution in [-0.4, -0.2) is 22.0 Å². The molecule has 0 unspecified atom stereocenters. The van der Waals surface area contributed by atoms with E-state index >= 15 is 0 Å². The number of hydrogen-bond acceptors (Lipinski definition) is 3. The number of para-hydroxylation sites is 2. The molecule has 0 spiro atoms. The molecule has 154 valence electrons. The van der Waals surface area contributed by atoms with E-state index in [2.05, 4.69) is 60.1 Å². The zero-order chi connectivity index (χ0) is 21.1. The van der Waals surface area contributed by atoms with E-state index in [4.69, 9.17) is 0 Å². The molecule has 1 aromatic heterocycles. The molecular weight excluding hydrogens is 374 g/mol. The highest BCUT2D eigenvalue weighted by molar-refractivity contribution is 6.45. The van der Waals surface area contributed by atoms with Gasteiger partial charge in [0.05, 0.1) is 0 Å². The number of fused-ring (bicyclic) bond motifs is 5. The molecule has 30 heavy (non-hydrogen) atoms. The molecule has 1 N–H and O–H groups in total. The Hall–Kier alpha value is -2.95. The van der Waals surface area contributed by atoms with E-state index in [1.807, 2.05) is 24.3 Å². The fraction of sp³-hybridized carbons (Fsp3) is 0.400. The van der Waals surface area contributed by atoms with Crippen molar-refractivity contribution in [3.8, 4) is 0 Å². The maximum absolute atomic E-state index is 12.8. The second-order valence-corrected chi connectivity index (χ2v) is 9.44. The SMILES string of the molecule is CC1(C)[C@H]2CC[C@]1(C)/C(=N/NC(=O)CCn1c3ccccc3c3ccccc31)C2=O. The molecule has 0 aliphatic heterocycles. The first kappa shape index (κ1) is 19.0. The van der Waals surface area contributed by atoms with Gasteiger partial charge in [-0.3, -0.25) is 9.59 Å². The second kappa shape index (κ2) is 6.53. The largest absolute Gasteiger partial charge is 0.340 e. The number of aryl methyl sites for hydroxylation is 1. The van der Waals surface area contributed by atoms with Crippen LogP contribution in [0.15, 0.2) is 53.6 Å². The van der Waals surface area contributed by atoms with Crippen molar-refractivity contribution < 1.29 is 9.59 Å². The van der Waals surface area contributed by atoms with E-state index < -0.39 is 0 Å². The summed E-state index contributed by atoms with van der Waals surface area (Å²) in [5.74, 6) is -0.0338. The molecule has 0 saturated heterocycles. The van der Waals surface area contributed by atoms with Gasteiger partial charge in [-0.2, -0.15) is 5.10 Å². The average molecular weight is 402 g/mol. The Kier molecular flexibility index (Phi) is 4.14. The third-order valence-corrected chi connectivity index (χ3v) is 7.83. The maximum Gasteiger partial charge on any atom is 0.241 e. The lowest BCUT2D eigenvalue weighted by Crippen LogP contribution is -2.36. The predicted molar refractivity (Wildman–Crippen MR) is 119 cm³/mol. The maximum atomic E-state index is 12.8. The van der Waals surface area contributed by atoms with Gasteiger partial charge in [0.15, 0.2) is 5.78 Å². The number of nitrogens with zero attached hydrogens (tertiary/aromatic N) is 2. The van der Waals surface area contributed by atoms with Gasteiger partial charge in [-0.25, -0.2) is 5.43 Å². The van der Waals surface area contributed by atoms with Crippen molar-refractivity contribution in [1.82, 2.24) is 9.99 Å². The van der Waals surface area contributed by atoms with Gasteiger partial charge in [-0.15, -0.1) is 0 Å². The molecule has 5 heteroatoms. The number of hydrogen-bond donors (Lipinski definition) is 1. The van der Waals surface area contributed by atoms with Crippen LogP contribution in [0.1, 0.15) is 40.0 Å². The van der Waals surface area contributed by atoms with E-state index in [1.54, 1.807) is 0 Å². The third-order valence-electron chi connectivity index (χ3n) is 7.83. The number of carbonyl (C=O) groups excluding carboxylic acids is 2. The number of nitrogens with one attached hydrogen (secondary N) is 1. The zero-order valence-electron chi connectivity index (χ0n) is 17.7. The summed E-state index contributed by atoms with van der Waals surface area (Å²) in [5, 5.41) is 6.72. The van der Waals surface area contributed by atoms with Crippen LogP contribution in [-0.2, 0) is 16.1 Å². The van der Waals surface area contributed by atoms with Crippen LogP contribution < -0.4 is 5.43 Å². The molecule has 2 aromatic carbocycles. The Balaban J connectivity index is 1.35. The van der Waals surface area contributed by atoms with E-state index in [9.17, 15) is 9.59 Å². The Morgan fingerprint density at radius 1 is 1.07 bits per heavy atom. The van der Waals surface area contributed by atoms with Crippen LogP contribution >= 0.6 is 0 Å². The third kappa shape index (κ3) is 2.51. The number of aromatic nitrogens is 1. The molecule has 2 aliphatic carbocycles. The monoisotopic (exact) mass is 401 g/mol. The number of ketones is 1. The van der Waals surface area contributed by atoms with Crippen molar-refractivity contribution >= 4 is 39.2 Å².